The van der Waals surface area contributed by atoms with Crippen LogP contribution in [0.15, 0.2) is 35.7 Å². The quantitative estimate of drug-likeness (QED) is 0.881. The second-order valence-electron chi connectivity index (χ2n) is 4.55. The SMILES string of the molecule is CNC(Cc1nc(C)cs1)C(OC)c1ccccc1. The number of likely N-dealkylation sites (N-methyl/N-ethyl adjacent to an activating group) is 1. The number of ether oxygens (including phenoxy) is 1. The smallest absolute Gasteiger partial charge is 0.0978 e. The third kappa shape index (κ3) is 3.62. The Morgan fingerprint density at radius 2 is 2.05 bits per heavy atom. The number of benzene rings is 1. The fourth-order valence-corrected chi connectivity index (χ4v) is 3.05. The average molecular weight is 276 g/mol. The van der Waals surface area contributed by atoms with Crippen LogP contribution in [0.5, 0.6) is 0 Å². The predicted octanol–water partition coefficient (Wildman–Crippen LogP) is 2.97. The summed E-state index contributed by atoms with van der Waals surface area (Å²) in [4.78, 5) is 4.53. The first kappa shape index (κ1) is 14.2. The van der Waals surface area contributed by atoms with Gasteiger partial charge in [-0.25, -0.2) is 4.98 Å². The van der Waals surface area contributed by atoms with E-state index in [1.54, 1.807) is 18.4 Å². The monoisotopic (exact) mass is 276 g/mol. The standard InChI is InChI=1S/C15H20N2OS/c1-11-10-19-14(17-11)9-13(16-2)15(18-3)12-7-5-4-6-8-12/h4-8,10,13,15-16H,9H2,1-3H3. The molecule has 2 unspecified atom stereocenters. The van der Waals surface area contributed by atoms with Crippen LogP contribution in [-0.2, 0) is 11.2 Å². The molecule has 2 atom stereocenters. The van der Waals surface area contributed by atoms with E-state index >= 15 is 0 Å². The van der Waals surface area contributed by atoms with Crippen molar-refractivity contribution < 1.29 is 4.74 Å². The van der Waals surface area contributed by atoms with E-state index in [1.165, 1.54) is 5.56 Å². The molecule has 19 heavy (non-hydrogen) atoms. The zero-order valence-corrected chi connectivity index (χ0v) is 12.4. The molecule has 2 aromatic rings. The van der Waals surface area contributed by atoms with E-state index in [0.717, 1.165) is 17.1 Å². The van der Waals surface area contributed by atoms with Gasteiger partial charge in [0, 0.05) is 30.6 Å². The van der Waals surface area contributed by atoms with Gasteiger partial charge in [-0.3, -0.25) is 0 Å². The summed E-state index contributed by atoms with van der Waals surface area (Å²) in [7, 11) is 3.73. The lowest BCUT2D eigenvalue weighted by Crippen LogP contribution is -2.35. The second kappa shape index (κ2) is 6.80. The third-order valence-corrected chi connectivity index (χ3v) is 4.17. The van der Waals surface area contributed by atoms with Crippen LogP contribution in [0.2, 0.25) is 0 Å². The van der Waals surface area contributed by atoms with Crippen LogP contribution in [0.3, 0.4) is 0 Å². The lowest BCUT2D eigenvalue weighted by molar-refractivity contribution is 0.0704. The van der Waals surface area contributed by atoms with Gasteiger partial charge in [-0.2, -0.15) is 0 Å². The van der Waals surface area contributed by atoms with Crippen LogP contribution in [0.25, 0.3) is 0 Å². The Kier molecular flexibility index (Phi) is 5.07. The van der Waals surface area contributed by atoms with Crippen molar-refractivity contribution >= 4 is 11.3 Å². The van der Waals surface area contributed by atoms with Crippen LogP contribution in [-0.4, -0.2) is 25.2 Å². The van der Waals surface area contributed by atoms with Gasteiger partial charge in [-0.15, -0.1) is 11.3 Å². The van der Waals surface area contributed by atoms with Crippen LogP contribution < -0.4 is 5.32 Å². The Morgan fingerprint density at radius 3 is 2.58 bits per heavy atom. The van der Waals surface area contributed by atoms with E-state index in [2.05, 4.69) is 27.8 Å². The number of nitrogens with one attached hydrogen (secondary N) is 1. The molecule has 4 heteroatoms. The molecule has 3 nitrogen and oxygen atoms in total. The maximum atomic E-state index is 5.68. The summed E-state index contributed by atoms with van der Waals surface area (Å²) < 4.78 is 5.68. The maximum Gasteiger partial charge on any atom is 0.0978 e. The molecule has 0 aliphatic rings. The number of hydrogen-bond donors (Lipinski definition) is 1. The highest BCUT2D eigenvalue weighted by Crippen LogP contribution is 2.24. The Hall–Kier alpha value is -1.23. The number of rotatable bonds is 6. The van der Waals surface area contributed by atoms with E-state index in [-0.39, 0.29) is 12.1 Å². The fraction of sp³-hybridized carbons (Fsp3) is 0.400. The highest BCUT2D eigenvalue weighted by Gasteiger charge is 2.22. The molecule has 0 fully saturated rings. The number of thiazole rings is 1. The summed E-state index contributed by atoms with van der Waals surface area (Å²) in [5, 5.41) is 6.59. The first-order chi connectivity index (χ1) is 9.24. The van der Waals surface area contributed by atoms with Crippen molar-refractivity contribution in [2.75, 3.05) is 14.2 Å². The number of methoxy groups -OCH3 is 1. The molecule has 0 aliphatic heterocycles. The molecule has 0 bridgehead atoms. The fourth-order valence-electron chi connectivity index (χ4n) is 2.22. The summed E-state index contributed by atoms with van der Waals surface area (Å²) in [5.74, 6) is 0. The maximum absolute atomic E-state index is 5.68. The Morgan fingerprint density at radius 1 is 1.32 bits per heavy atom. The Balaban J connectivity index is 2.15. The van der Waals surface area contributed by atoms with Gasteiger partial charge in [0.1, 0.15) is 0 Å². The third-order valence-electron chi connectivity index (χ3n) is 3.18. The zero-order valence-electron chi connectivity index (χ0n) is 11.6. The van der Waals surface area contributed by atoms with Gasteiger partial charge in [0.15, 0.2) is 0 Å². The molecule has 0 radical (unpaired) electrons. The summed E-state index contributed by atoms with van der Waals surface area (Å²) in [5.41, 5.74) is 2.28. The number of aromatic nitrogens is 1. The minimum atomic E-state index is 0.0374. The van der Waals surface area contributed by atoms with Crippen molar-refractivity contribution in [1.82, 2.24) is 10.3 Å². The van der Waals surface area contributed by atoms with Crippen molar-refractivity contribution in [2.45, 2.75) is 25.5 Å². The first-order valence-electron chi connectivity index (χ1n) is 6.40. The Labute approximate surface area is 118 Å². The second-order valence-corrected chi connectivity index (χ2v) is 5.49. The molecule has 1 aromatic heterocycles. The van der Waals surface area contributed by atoms with Crippen LogP contribution in [0, 0.1) is 6.92 Å². The topological polar surface area (TPSA) is 34.2 Å². The number of aryl methyl sites for hydroxylation is 1. The van der Waals surface area contributed by atoms with Crippen molar-refractivity contribution in [3.05, 3.63) is 52.0 Å². The number of hydrogen-bond acceptors (Lipinski definition) is 4. The highest BCUT2D eigenvalue weighted by atomic mass is 32.1. The predicted molar refractivity (Wildman–Crippen MR) is 79.6 cm³/mol. The molecule has 102 valence electrons. The molecule has 0 saturated heterocycles. The lowest BCUT2D eigenvalue weighted by Gasteiger charge is -2.25. The van der Waals surface area contributed by atoms with Crippen molar-refractivity contribution in [3.8, 4) is 0 Å². The van der Waals surface area contributed by atoms with Gasteiger partial charge in [0.2, 0.25) is 0 Å². The summed E-state index contributed by atoms with van der Waals surface area (Å²) in [6.07, 6.45) is 0.915. The van der Waals surface area contributed by atoms with Crippen LogP contribution in [0.4, 0.5) is 0 Å². The van der Waals surface area contributed by atoms with Crippen molar-refractivity contribution in [1.29, 1.82) is 0 Å². The molecular weight excluding hydrogens is 256 g/mol. The molecule has 0 amide bonds. The van der Waals surface area contributed by atoms with E-state index in [1.807, 2.05) is 32.2 Å². The van der Waals surface area contributed by atoms with E-state index in [0.29, 0.717) is 0 Å². The molecular formula is C15H20N2OS. The van der Waals surface area contributed by atoms with E-state index < -0.39 is 0 Å². The number of nitrogens with zero attached hydrogens (tertiary/aromatic N) is 1. The summed E-state index contributed by atoms with van der Waals surface area (Å²) >= 11 is 1.71. The molecule has 1 N–H and O–H groups in total. The van der Waals surface area contributed by atoms with E-state index in [9.17, 15) is 0 Å². The normalized spacial score (nSPS) is 14.3. The largest absolute Gasteiger partial charge is 0.375 e. The van der Waals surface area contributed by atoms with Gasteiger partial charge in [-0.05, 0) is 19.5 Å². The Bertz CT molecular complexity index is 498. The molecule has 0 saturated carbocycles. The molecule has 0 spiro atoms. The average Bonchev–Trinajstić information content (AvgIpc) is 2.85. The van der Waals surface area contributed by atoms with Gasteiger partial charge in [0.05, 0.1) is 11.1 Å². The summed E-state index contributed by atoms with van der Waals surface area (Å²) in [6, 6.07) is 10.5. The molecule has 2 rings (SSSR count). The highest BCUT2D eigenvalue weighted by molar-refractivity contribution is 7.09. The zero-order chi connectivity index (χ0) is 13.7. The van der Waals surface area contributed by atoms with Crippen molar-refractivity contribution in [2.24, 2.45) is 0 Å². The van der Waals surface area contributed by atoms with Gasteiger partial charge in [-0.1, -0.05) is 30.3 Å². The van der Waals surface area contributed by atoms with Crippen molar-refractivity contribution in [3.63, 3.8) is 0 Å². The van der Waals surface area contributed by atoms with Crippen LogP contribution >= 0.6 is 11.3 Å². The van der Waals surface area contributed by atoms with Gasteiger partial charge >= 0.3 is 0 Å². The minimum Gasteiger partial charge on any atom is -0.375 e. The van der Waals surface area contributed by atoms with Gasteiger partial charge in [0.25, 0.3) is 0 Å². The van der Waals surface area contributed by atoms with Crippen LogP contribution in [0.1, 0.15) is 22.4 Å². The molecule has 1 heterocycles. The first-order valence-corrected chi connectivity index (χ1v) is 7.28. The van der Waals surface area contributed by atoms with Gasteiger partial charge < -0.3 is 10.1 Å². The minimum absolute atomic E-state index is 0.0374. The lowest BCUT2D eigenvalue weighted by atomic mass is 10.00. The molecule has 1 aromatic carbocycles. The molecule has 0 aliphatic carbocycles. The summed E-state index contributed by atoms with van der Waals surface area (Å²) in [6.45, 7) is 2.03. The van der Waals surface area contributed by atoms with E-state index in [4.69, 9.17) is 4.74 Å².